The van der Waals surface area contributed by atoms with Crippen LogP contribution in [0.2, 0.25) is 0 Å². The number of hydrogen-bond acceptors (Lipinski definition) is 4. The SMILES string of the molecule is C=CCN(OCCOC)c1cccc(NC(C)=O)c1. The Kier molecular flexibility index (Phi) is 6.63. The van der Waals surface area contributed by atoms with Gasteiger partial charge in [-0.05, 0) is 18.2 Å². The average Bonchev–Trinajstić information content (AvgIpc) is 2.37. The minimum atomic E-state index is -0.104. The van der Waals surface area contributed by atoms with Crippen LogP contribution in [0.5, 0.6) is 0 Å². The smallest absolute Gasteiger partial charge is 0.221 e. The lowest BCUT2D eigenvalue weighted by atomic mass is 10.2. The lowest BCUT2D eigenvalue weighted by Crippen LogP contribution is -2.25. The maximum absolute atomic E-state index is 11.0. The summed E-state index contributed by atoms with van der Waals surface area (Å²) in [4.78, 5) is 16.6. The molecule has 0 aromatic heterocycles. The van der Waals surface area contributed by atoms with Crippen molar-refractivity contribution in [2.45, 2.75) is 6.92 Å². The Hall–Kier alpha value is -1.85. The van der Waals surface area contributed by atoms with E-state index in [4.69, 9.17) is 9.57 Å². The second-order valence-corrected chi connectivity index (χ2v) is 3.91. The zero-order valence-electron chi connectivity index (χ0n) is 11.4. The highest BCUT2D eigenvalue weighted by atomic mass is 16.7. The fraction of sp³-hybridized carbons (Fsp3) is 0.357. The fourth-order valence-electron chi connectivity index (χ4n) is 1.52. The average molecular weight is 264 g/mol. The third kappa shape index (κ3) is 5.54. The van der Waals surface area contributed by atoms with Gasteiger partial charge in [-0.15, -0.1) is 6.58 Å². The Bertz CT molecular complexity index is 421. The number of benzene rings is 1. The van der Waals surface area contributed by atoms with E-state index in [1.54, 1.807) is 18.2 Å². The van der Waals surface area contributed by atoms with Crippen molar-refractivity contribution in [1.82, 2.24) is 0 Å². The van der Waals surface area contributed by atoms with Gasteiger partial charge < -0.3 is 10.1 Å². The van der Waals surface area contributed by atoms with E-state index in [-0.39, 0.29) is 5.91 Å². The molecule has 0 atom stereocenters. The predicted molar refractivity (Wildman–Crippen MR) is 76.1 cm³/mol. The molecule has 1 aromatic carbocycles. The van der Waals surface area contributed by atoms with Crippen LogP contribution in [0.4, 0.5) is 11.4 Å². The van der Waals surface area contributed by atoms with Crippen molar-refractivity contribution < 1.29 is 14.4 Å². The molecule has 1 N–H and O–H groups in total. The van der Waals surface area contributed by atoms with Crippen LogP contribution >= 0.6 is 0 Å². The summed E-state index contributed by atoms with van der Waals surface area (Å²) in [5, 5.41) is 4.44. The van der Waals surface area contributed by atoms with Crippen molar-refractivity contribution in [1.29, 1.82) is 0 Å². The minimum Gasteiger partial charge on any atom is -0.382 e. The first-order valence-electron chi connectivity index (χ1n) is 6.05. The fourth-order valence-corrected chi connectivity index (χ4v) is 1.52. The summed E-state index contributed by atoms with van der Waals surface area (Å²) in [5.74, 6) is -0.104. The number of carbonyl (C=O) groups excluding carboxylic acids is 1. The van der Waals surface area contributed by atoms with Gasteiger partial charge in [0.2, 0.25) is 5.91 Å². The number of nitrogens with zero attached hydrogens (tertiary/aromatic N) is 1. The van der Waals surface area contributed by atoms with E-state index in [9.17, 15) is 4.79 Å². The Balaban J connectivity index is 2.76. The van der Waals surface area contributed by atoms with E-state index in [0.717, 1.165) is 11.4 Å². The maximum atomic E-state index is 11.0. The number of amides is 1. The molecule has 5 heteroatoms. The molecule has 0 unspecified atom stereocenters. The maximum Gasteiger partial charge on any atom is 0.221 e. The second kappa shape index (κ2) is 8.29. The van der Waals surface area contributed by atoms with Crippen molar-refractivity contribution in [2.24, 2.45) is 0 Å². The number of rotatable bonds is 8. The van der Waals surface area contributed by atoms with E-state index in [1.165, 1.54) is 6.92 Å². The first-order valence-corrected chi connectivity index (χ1v) is 6.05. The van der Waals surface area contributed by atoms with Crippen LogP contribution < -0.4 is 10.4 Å². The number of hydroxylamine groups is 1. The third-order valence-electron chi connectivity index (χ3n) is 2.28. The van der Waals surface area contributed by atoms with Crippen LogP contribution in [0.1, 0.15) is 6.92 Å². The standard InChI is InChI=1S/C14H20N2O3/c1-4-8-16(19-10-9-18-3)14-7-5-6-13(11-14)15-12(2)17/h4-7,11H,1,8-10H2,2-3H3,(H,15,17). The largest absolute Gasteiger partial charge is 0.382 e. The molecular formula is C14H20N2O3. The van der Waals surface area contributed by atoms with Crippen LogP contribution in [0.15, 0.2) is 36.9 Å². The van der Waals surface area contributed by atoms with Gasteiger partial charge in [0.05, 0.1) is 25.4 Å². The predicted octanol–water partition coefficient (Wildman–Crippen LogP) is 2.22. The van der Waals surface area contributed by atoms with Crippen LogP contribution in [-0.2, 0) is 14.4 Å². The summed E-state index contributed by atoms with van der Waals surface area (Å²) in [5.41, 5.74) is 1.58. The van der Waals surface area contributed by atoms with Crippen LogP contribution in [-0.4, -0.2) is 32.8 Å². The van der Waals surface area contributed by atoms with Crippen molar-refractivity contribution in [2.75, 3.05) is 37.2 Å². The molecule has 19 heavy (non-hydrogen) atoms. The van der Waals surface area contributed by atoms with E-state index in [0.29, 0.717) is 19.8 Å². The van der Waals surface area contributed by atoms with Gasteiger partial charge in [-0.3, -0.25) is 14.7 Å². The zero-order chi connectivity index (χ0) is 14.1. The van der Waals surface area contributed by atoms with Gasteiger partial charge in [0.25, 0.3) is 0 Å². The summed E-state index contributed by atoms with van der Waals surface area (Å²) < 4.78 is 4.95. The molecule has 0 bridgehead atoms. The number of nitrogens with one attached hydrogen (secondary N) is 1. The summed E-state index contributed by atoms with van der Waals surface area (Å²) in [6, 6.07) is 7.43. The van der Waals surface area contributed by atoms with Crippen molar-refractivity contribution in [3.05, 3.63) is 36.9 Å². The summed E-state index contributed by atoms with van der Waals surface area (Å²) in [6.07, 6.45) is 1.75. The molecule has 0 aliphatic rings. The molecule has 0 saturated carbocycles. The van der Waals surface area contributed by atoms with Crippen molar-refractivity contribution in [3.8, 4) is 0 Å². The van der Waals surface area contributed by atoms with Crippen LogP contribution in [0.3, 0.4) is 0 Å². The zero-order valence-corrected chi connectivity index (χ0v) is 11.4. The molecule has 1 aromatic rings. The molecular weight excluding hydrogens is 244 g/mol. The first-order chi connectivity index (χ1) is 9.17. The summed E-state index contributed by atoms with van der Waals surface area (Å²) in [7, 11) is 1.62. The monoisotopic (exact) mass is 264 g/mol. The van der Waals surface area contributed by atoms with Gasteiger partial charge in [0.15, 0.2) is 0 Å². The number of methoxy groups -OCH3 is 1. The van der Waals surface area contributed by atoms with E-state index in [2.05, 4.69) is 11.9 Å². The first kappa shape index (κ1) is 15.2. The van der Waals surface area contributed by atoms with Crippen molar-refractivity contribution >= 4 is 17.3 Å². The number of hydrogen-bond donors (Lipinski definition) is 1. The second-order valence-electron chi connectivity index (χ2n) is 3.91. The van der Waals surface area contributed by atoms with Crippen LogP contribution in [0.25, 0.3) is 0 Å². The van der Waals surface area contributed by atoms with Gasteiger partial charge in [0, 0.05) is 19.7 Å². The Morgan fingerprint density at radius 2 is 2.26 bits per heavy atom. The number of anilines is 2. The molecule has 1 amide bonds. The lowest BCUT2D eigenvalue weighted by Gasteiger charge is -2.23. The van der Waals surface area contributed by atoms with E-state index >= 15 is 0 Å². The molecule has 0 radical (unpaired) electrons. The summed E-state index contributed by atoms with van der Waals surface area (Å²) >= 11 is 0. The molecule has 0 aliphatic carbocycles. The highest BCUT2D eigenvalue weighted by molar-refractivity contribution is 5.89. The number of carbonyl (C=O) groups is 1. The van der Waals surface area contributed by atoms with Gasteiger partial charge in [-0.25, -0.2) is 0 Å². The molecule has 104 valence electrons. The normalized spacial score (nSPS) is 10.0. The highest BCUT2D eigenvalue weighted by Gasteiger charge is 2.06. The molecule has 1 rings (SSSR count). The molecule has 0 heterocycles. The molecule has 0 spiro atoms. The third-order valence-corrected chi connectivity index (χ3v) is 2.28. The van der Waals surface area contributed by atoms with Crippen LogP contribution in [0, 0.1) is 0 Å². The highest BCUT2D eigenvalue weighted by Crippen LogP contribution is 2.19. The van der Waals surface area contributed by atoms with Crippen molar-refractivity contribution in [3.63, 3.8) is 0 Å². The molecule has 0 fully saturated rings. The molecule has 0 saturated heterocycles. The van der Waals surface area contributed by atoms with E-state index in [1.807, 2.05) is 24.3 Å². The summed E-state index contributed by atoms with van der Waals surface area (Å²) in [6.45, 7) is 6.69. The van der Waals surface area contributed by atoms with Gasteiger partial charge >= 0.3 is 0 Å². The molecule has 5 nitrogen and oxygen atoms in total. The minimum absolute atomic E-state index is 0.104. The Morgan fingerprint density at radius 1 is 1.47 bits per heavy atom. The quantitative estimate of drug-likeness (QED) is 0.444. The van der Waals surface area contributed by atoms with Gasteiger partial charge in [-0.2, -0.15) is 0 Å². The Labute approximate surface area is 113 Å². The number of ether oxygens (including phenoxy) is 1. The Morgan fingerprint density at radius 3 is 2.89 bits per heavy atom. The molecule has 0 aliphatic heterocycles. The topological polar surface area (TPSA) is 50.8 Å². The van der Waals surface area contributed by atoms with E-state index < -0.39 is 0 Å². The van der Waals surface area contributed by atoms with Gasteiger partial charge in [-0.1, -0.05) is 12.1 Å². The lowest BCUT2D eigenvalue weighted by molar-refractivity contribution is -0.114. The van der Waals surface area contributed by atoms with Gasteiger partial charge in [0.1, 0.15) is 0 Å².